The molecule has 0 aliphatic heterocycles. The van der Waals surface area contributed by atoms with Crippen LogP contribution in [0.25, 0.3) is 0 Å². The number of rotatable bonds is 2. The zero-order valence-corrected chi connectivity index (χ0v) is 16.1. The van der Waals surface area contributed by atoms with Crippen molar-refractivity contribution in [1.82, 2.24) is 0 Å². The number of allylic oxidation sites excluding steroid dienone is 2. The Morgan fingerprint density at radius 2 is 1.79 bits per heavy atom. The van der Waals surface area contributed by atoms with E-state index in [0.29, 0.717) is 11.1 Å². The van der Waals surface area contributed by atoms with E-state index in [2.05, 4.69) is 4.99 Å². The van der Waals surface area contributed by atoms with Crippen molar-refractivity contribution in [2.45, 2.75) is 37.9 Å². The molecule has 0 unspecified atom stereocenters. The first kappa shape index (κ1) is 19.2. The molecule has 2 atom stereocenters. The van der Waals surface area contributed by atoms with E-state index in [0.717, 1.165) is 5.56 Å². The third-order valence-corrected chi connectivity index (χ3v) is 5.49. The van der Waals surface area contributed by atoms with Crippen LogP contribution in [0, 0.1) is 12.8 Å². The van der Waals surface area contributed by atoms with Gasteiger partial charge >= 0.3 is 0 Å². The minimum Gasteiger partial charge on any atom is -0.291 e. The van der Waals surface area contributed by atoms with Crippen molar-refractivity contribution in [3.8, 4) is 0 Å². The zero-order chi connectivity index (χ0) is 18.2. The summed E-state index contributed by atoms with van der Waals surface area (Å²) in [7, 11) is 0. The summed E-state index contributed by atoms with van der Waals surface area (Å²) in [5, 5.41) is -0.948. The Hall–Kier alpha value is -1.16. The third kappa shape index (κ3) is 3.44. The molecule has 0 spiro atoms. The van der Waals surface area contributed by atoms with Gasteiger partial charge in [0.1, 0.15) is 10.3 Å². The summed E-state index contributed by atoms with van der Waals surface area (Å²) >= 11 is 18.9. The van der Waals surface area contributed by atoms with Gasteiger partial charge in [-0.15, -0.1) is 23.2 Å². The number of nitrogens with zero attached hydrogens (tertiary/aromatic N) is 1. The van der Waals surface area contributed by atoms with Gasteiger partial charge in [0.25, 0.3) is 5.91 Å². The lowest BCUT2D eigenvalue weighted by Crippen LogP contribution is -2.49. The molecule has 2 rings (SSSR count). The lowest BCUT2D eigenvalue weighted by Gasteiger charge is -2.34. The van der Waals surface area contributed by atoms with E-state index in [1.54, 1.807) is 12.1 Å². The van der Waals surface area contributed by atoms with Crippen molar-refractivity contribution in [3.05, 3.63) is 46.0 Å². The van der Waals surface area contributed by atoms with Gasteiger partial charge in [-0.25, -0.2) is 4.99 Å². The van der Waals surface area contributed by atoms with E-state index in [4.69, 9.17) is 34.8 Å². The highest BCUT2D eigenvalue weighted by atomic mass is 35.5. The number of aryl methyl sites for hydroxylation is 1. The number of benzene rings is 1. The molecular weight excluding hydrogens is 369 g/mol. The molecule has 0 bridgehead atoms. The molecule has 128 valence electrons. The average molecular weight is 387 g/mol. The number of carbonyl (C=O) groups is 2. The van der Waals surface area contributed by atoms with E-state index >= 15 is 0 Å². The van der Waals surface area contributed by atoms with Crippen molar-refractivity contribution in [2.24, 2.45) is 10.9 Å². The Labute approximate surface area is 156 Å². The molecule has 1 aromatic rings. The van der Waals surface area contributed by atoms with Crippen molar-refractivity contribution in [1.29, 1.82) is 0 Å². The normalized spacial score (nSPS) is 26.4. The lowest BCUT2D eigenvalue weighted by molar-refractivity contribution is -0.117. The molecule has 0 heterocycles. The molecular formula is C18H18Cl3NO2. The fourth-order valence-electron chi connectivity index (χ4n) is 2.49. The second kappa shape index (κ2) is 6.99. The summed E-state index contributed by atoms with van der Waals surface area (Å²) in [6, 6.07) is 7.04. The number of carbonyl (C=O) groups excluding carboxylic acids is 2. The van der Waals surface area contributed by atoms with Crippen LogP contribution in [0.3, 0.4) is 0 Å². The third-order valence-electron chi connectivity index (χ3n) is 3.97. The number of amides is 1. The van der Waals surface area contributed by atoms with E-state index in [9.17, 15) is 9.59 Å². The van der Waals surface area contributed by atoms with Gasteiger partial charge in [-0.3, -0.25) is 9.59 Å². The van der Waals surface area contributed by atoms with Gasteiger partial charge in [-0.2, -0.15) is 0 Å². The van der Waals surface area contributed by atoms with Gasteiger partial charge in [0.05, 0.1) is 10.7 Å². The van der Waals surface area contributed by atoms with Gasteiger partial charge in [0, 0.05) is 11.1 Å². The summed E-state index contributed by atoms with van der Waals surface area (Å²) in [6.07, 6.45) is 0. The van der Waals surface area contributed by atoms with Crippen LogP contribution >= 0.6 is 34.8 Å². The SMILES string of the molecule is Cc1ccc(C(=O)N=C2C(C(C)C)=C(Cl)C(=O)[C@@](C)(Cl)[C@@H]2Cl)cc1. The highest BCUT2D eigenvalue weighted by Gasteiger charge is 2.49. The maximum absolute atomic E-state index is 12.5. The summed E-state index contributed by atoms with van der Waals surface area (Å²) in [4.78, 5) is 27.6. The largest absolute Gasteiger partial charge is 0.291 e. The molecule has 0 saturated heterocycles. The Morgan fingerprint density at radius 3 is 2.29 bits per heavy atom. The molecule has 0 N–H and O–H groups in total. The Balaban J connectivity index is 2.57. The monoisotopic (exact) mass is 385 g/mol. The van der Waals surface area contributed by atoms with Crippen LogP contribution in [-0.4, -0.2) is 27.7 Å². The number of alkyl halides is 2. The average Bonchev–Trinajstić information content (AvgIpc) is 2.51. The van der Waals surface area contributed by atoms with Gasteiger partial charge in [0.15, 0.2) is 5.78 Å². The van der Waals surface area contributed by atoms with Gasteiger partial charge in [-0.05, 0) is 31.9 Å². The van der Waals surface area contributed by atoms with Gasteiger partial charge in [0.2, 0.25) is 0 Å². The molecule has 0 saturated carbocycles. The number of hydrogen-bond donors (Lipinski definition) is 0. The smallest absolute Gasteiger partial charge is 0.277 e. The predicted octanol–water partition coefficient (Wildman–Crippen LogP) is 4.91. The number of ketones is 1. The van der Waals surface area contributed by atoms with Crippen LogP contribution in [0.15, 0.2) is 39.9 Å². The number of halogens is 3. The van der Waals surface area contributed by atoms with Gasteiger partial charge < -0.3 is 0 Å². The molecule has 1 aliphatic carbocycles. The summed E-state index contributed by atoms with van der Waals surface area (Å²) < 4.78 is 0. The number of Topliss-reactive ketones (excluding diaryl/α,β-unsaturated/α-hetero) is 1. The minimum atomic E-state index is -1.44. The number of aliphatic imine (C=N–C) groups is 1. The first-order valence-corrected chi connectivity index (χ1v) is 8.74. The first-order chi connectivity index (χ1) is 11.1. The quantitative estimate of drug-likeness (QED) is 0.678. The van der Waals surface area contributed by atoms with Crippen LogP contribution in [0.2, 0.25) is 0 Å². The van der Waals surface area contributed by atoms with Crippen LogP contribution in [0.1, 0.15) is 36.7 Å². The van der Waals surface area contributed by atoms with Crippen molar-refractivity contribution in [2.75, 3.05) is 0 Å². The molecule has 1 aliphatic rings. The lowest BCUT2D eigenvalue weighted by atomic mass is 9.82. The first-order valence-electron chi connectivity index (χ1n) is 7.54. The molecule has 1 amide bonds. The van der Waals surface area contributed by atoms with E-state index < -0.39 is 21.9 Å². The van der Waals surface area contributed by atoms with Gasteiger partial charge in [-0.1, -0.05) is 43.1 Å². The Bertz CT molecular complexity index is 746. The highest BCUT2D eigenvalue weighted by molar-refractivity contribution is 6.59. The molecule has 0 aromatic heterocycles. The topological polar surface area (TPSA) is 46.5 Å². The molecule has 6 heteroatoms. The second-order valence-corrected chi connectivity index (χ2v) is 7.92. The van der Waals surface area contributed by atoms with E-state index in [1.807, 2.05) is 32.9 Å². The summed E-state index contributed by atoms with van der Waals surface area (Å²) in [5.41, 5.74) is 2.21. The molecule has 3 nitrogen and oxygen atoms in total. The maximum Gasteiger partial charge on any atom is 0.277 e. The predicted molar refractivity (Wildman–Crippen MR) is 99.6 cm³/mol. The zero-order valence-electron chi connectivity index (χ0n) is 13.9. The Morgan fingerprint density at radius 1 is 1.25 bits per heavy atom. The maximum atomic E-state index is 12.5. The van der Waals surface area contributed by atoms with E-state index in [1.165, 1.54) is 6.92 Å². The fraction of sp³-hybridized carbons (Fsp3) is 0.389. The molecule has 0 radical (unpaired) electrons. The molecule has 24 heavy (non-hydrogen) atoms. The van der Waals surface area contributed by atoms with Crippen LogP contribution in [0.4, 0.5) is 0 Å². The van der Waals surface area contributed by atoms with E-state index in [-0.39, 0.29) is 16.7 Å². The van der Waals surface area contributed by atoms with Crippen LogP contribution in [0.5, 0.6) is 0 Å². The highest BCUT2D eigenvalue weighted by Crippen LogP contribution is 2.40. The Kier molecular flexibility index (Phi) is 5.58. The van der Waals surface area contributed by atoms with Crippen molar-refractivity contribution >= 4 is 52.2 Å². The van der Waals surface area contributed by atoms with Crippen molar-refractivity contribution in [3.63, 3.8) is 0 Å². The summed E-state index contributed by atoms with van der Waals surface area (Å²) in [5.74, 6) is -1.02. The minimum absolute atomic E-state index is 0.00476. The number of hydrogen-bond acceptors (Lipinski definition) is 2. The molecule has 1 aromatic carbocycles. The standard InChI is InChI=1S/C18H18Cl3NO2/c1-9(2)12-13(19)16(23)18(4,21)15(20)14(12)22-17(24)11-7-5-10(3)6-8-11/h5-9,15H,1-4H3/t15-,18+/m1/s1. The molecule has 0 fully saturated rings. The van der Waals surface area contributed by atoms with Crippen molar-refractivity contribution < 1.29 is 9.59 Å². The van der Waals surface area contributed by atoms with Crippen LogP contribution < -0.4 is 0 Å². The fourth-order valence-corrected chi connectivity index (χ4v) is 3.52. The second-order valence-electron chi connectivity index (χ2n) is 6.32. The van der Waals surface area contributed by atoms with Crippen LogP contribution in [-0.2, 0) is 4.79 Å². The summed E-state index contributed by atoms with van der Waals surface area (Å²) in [6.45, 7) is 7.13.